The molecule has 0 unspecified atom stereocenters. The van der Waals surface area contributed by atoms with Gasteiger partial charge >= 0.3 is 5.97 Å². The second-order valence-corrected chi connectivity index (χ2v) is 5.00. The smallest absolute Gasteiger partial charge is 0.338 e. The van der Waals surface area contributed by atoms with Gasteiger partial charge in [-0.2, -0.15) is 0 Å². The molecular formula is C14H9F3O2S. The third kappa shape index (κ3) is 3.14. The summed E-state index contributed by atoms with van der Waals surface area (Å²) in [5.41, 5.74) is -0.286. The molecule has 2 nitrogen and oxygen atoms in total. The van der Waals surface area contributed by atoms with Crippen molar-refractivity contribution in [2.75, 3.05) is 0 Å². The molecule has 2 rings (SSSR count). The third-order valence-corrected chi connectivity index (χ3v) is 3.64. The predicted octanol–water partition coefficient (Wildman–Crippen LogP) is 4.09. The Bertz CT molecular complexity index is 659. The van der Waals surface area contributed by atoms with Crippen molar-refractivity contribution in [1.82, 2.24) is 0 Å². The van der Waals surface area contributed by atoms with E-state index in [1.54, 1.807) is 0 Å². The van der Waals surface area contributed by atoms with Crippen LogP contribution in [0.2, 0.25) is 0 Å². The molecule has 0 bridgehead atoms. The summed E-state index contributed by atoms with van der Waals surface area (Å²) >= 11 is 1.10. The molecule has 6 heteroatoms. The highest BCUT2D eigenvalue weighted by atomic mass is 32.2. The van der Waals surface area contributed by atoms with Crippen molar-refractivity contribution in [3.05, 3.63) is 65.0 Å². The molecule has 0 radical (unpaired) electrons. The molecule has 2 aromatic carbocycles. The van der Waals surface area contributed by atoms with Crippen molar-refractivity contribution in [2.45, 2.75) is 10.6 Å². The van der Waals surface area contributed by atoms with Gasteiger partial charge in [0.15, 0.2) is 11.6 Å². The molecule has 104 valence electrons. The minimum absolute atomic E-state index is 0.119. The summed E-state index contributed by atoms with van der Waals surface area (Å²) in [6, 6.07) is 7.44. The van der Waals surface area contributed by atoms with Gasteiger partial charge in [-0.25, -0.2) is 18.0 Å². The van der Waals surface area contributed by atoms with E-state index in [2.05, 4.69) is 0 Å². The molecule has 0 spiro atoms. The number of hydrogen-bond donors (Lipinski definition) is 1. The van der Waals surface area contributed by atoms with Crippen molar-refractivity contribution < 1.29 is 23.1 Å². The first kappa shape index (κ1) is 14.5. The molecule has 1 N–H and O–H groups in total. The fourth-order valence-corrected chi connectivity index (χ4v) is 2.49. The first-order chi connectivity index (χ1) is 9.49. The number of halogens is 3. The van der Waals surface area contributed by atoms with Crippen LogP contribution < -0.4 is 0 Å². The highest BCUT2D eigenvalue weighted by Crippen LogP contribution is 2.26. The van der Waals surface area contributed by atoms with E-state index < -0.39 is 29.0 Å². The first-order valence-electron chi connectivity index (χ1n) is 5.57. The number of carboxylic acids is 1. The highest BCUT2D eigenvalue weighted by Gasteiger charge is 2.12. The molecule has 0 aliphatic rings. The van der Waals surface area contributed by atoms with Crippen molar-refractivity contribution in [3.8, 4) is 0 Å². The van der Waals surface area contributed by atoms with Crippen LogP contribution in [0.5, 0.6) is 0 Å². The van der Waals surface area contributed by atoms with Gasteiger partial charge in [-0.05, 0) is 24.3 Å². The Morgan fingerprint density at radius 3 is 2.55 bits per heavy atom. The molecule has 0 amide bonds. The minimum atomic E-state index is -1.37. The third-order valence-electron chi connectivity index (χ3n) is 2.59. The molecule has 0 saturated carbocycles. The Balaban J connectivity index is 2.17. The van der Waals surface area contributed by atoms with E-state index in [9.17, 15) is 18.0 Å². The number of benzene rings is 2. The number of hydrogen-bond acceptors (Lipinski definition) is 2. The number of carbonyl (C=O) groups is 1. The van der Waals surface area contributed by atoms with E-state index in [0.717, 1.165) is 23.9 Å². The Kier molecular flexibility index (Phi) is 4.34. The zero-order valence-corrected chi connectivity index (χ0v) is 10.9. The van der Waals surface area contributed by atoms with Gasteiger partial charge in [-0.1, -0.05) is 12.1 Å². The molecule has 0 atom stereocenters. The normalized spacial score (nSPS) is 10.6. The van der Waals surface area contributed by atoms with Crippen LogP contribution in [0, 0.1) is 17.5 Å². The van der Waals surface area contributed by atoms with Gasteiger partial charge in [-0.3, -0.25) is 0 Å². The summed E-state index contributed by atoms with van der Waals surface area (Å²) in [6.07, 6.45) is 0. The van der Waals surface area contributed by atoms with E-state index in [1.807, 2.05) is 0 Å². The van der Waals surface area contributed by atoms with Crippen LogP contribution >= 0.6 is 11.8 Å². The van der Waals surface area contributed by atoms with E-state index >= 15 is 0 Å². The van der Waals surface area contributed by atoms with Crippen LogP contribution in [0.15, 0.2) is 41.3 Å². The van der Waals surface area contributed by atoms with Crippen LogP contribution in [0.25, 0.3) is 0 Å². The van der Waals surface area contributed by atoms with Gasteiger partial charge in [0.1, 0.15) is 5.82 Å². The van der Waals surface area contributed by atoms with E-state index in [1.165, 1.54) is 24.3 Å². The maximum atomic E-state index is 13.4. The quantitative estimate of drug-likeness (QED) is 0.864. The summed E-state index contributed by atoms with van der Waals surface area (Å²) in [5, 5.41) is 8.80. The van der Waals surface area contributed by atoms with Gasteiger partial charge < -0.3 is 5.11 Å². The molecule has 0 heterocycles. The Hall–Kier alpha value is -1.95. The van der Waals surface area contributed by atoms with Crippen molar-refractivity contribution in [2.24, 2.45) is 0 Å². The van der Waals surface area contributed by atoms with Crippen LogP contribution in [-0.2, 0) is 5.75 Å². The molecule has 0 aliphatic heterocycles. The zero-order chi connectivity index (χ0) is 14.7. The lowest BCUT2D eigenvalue weighted by Crippen LogP contribution is -2.00. The maximum Gasteiger partial charge on any atom is 0.338 e. The predicted molar refractivity (Wildman–Crippen MR) is 69.3 cm³/mol. The standard InChI is InChI=1S/C14H9F3O2S/c15-11-5-4-9(6-10(11)14(18)19)20-7-8-2-1-3-12(16)13(8)17/h1-6H,7H2,(H,18,19). The average Bonchev–Trinajstić information content (AvgIpc) is 2.41. The lowest BCUT2D eigenvalue weighted by Gasteiger charge is -2.05. The van der Waals surface area contributed by atoms with E-state index in [-0.39, 0.29) is 11.3 Å². The highest BCUT2D eigenvalue weighted by molar-refractivity contribution is 7.98. The second-order valence-electron chi connectivity index (χ2n) is 3.95. The number of thioether (sulfide) groups is 1. The number of aromatic carboxylic acids is 1. The van der Waals surface area contributed by atoms with Gasteiger partial charge in [0.25, 0.3) is 0 Å². The first-order valence-corrected chi connectivity index (χ1v) is 6.56. The second kappa shape index (κ2) is 6.00. The summed E-state index contributed by atoms with van der Waals surface area (Å²) in [4.78, 5) is 11.3. The topological polar surface area (TPSA) is 37.3 Å². The largest absolute Gasteiger partial charge is 0.478 e. The molecule has 2 aromatic rings. The van der Waals surface area contributed by atoms with Crippen LogP contribution in [0.3, 0.4) is 0 Å². The summed E-state index contributed by atoms with van der Waals surface area (Å²) in [7, 11) is 0. The Morgan fingerprint density at radius 1 is 1.10 bits per heavy atom. The fraction of sp³-hybridized carbons (Fsp3) is 0.0714. The zero-order valence-electron chi connectivity index (χ0n) is 10.1. The SMILES string of the molecule is O=C(O)c1cc(SCc2cccc(F)c2F)ccc1F. The average molecular weight is 298 g/mol. The molecule has 0 aliphatic carbocycles. The van der Waals surface area contributed by atoms with Crippen molar-refractivity contribution in [3.63, 3.8) is 0 Å². The van der Waals surface area contributed by atoms with Crippen LogP contribution in [0.4, 0.5) is 13.2 Å². The number of carboxylic acid groups (broad SMARTS) is 1. The van der Waals surface area contributed by atoms with Gasteiger partial charge in [0.2, 0.25) is 0 Å². The summed E-state index contributed by atoms with van der Waals surface area (Å²) < 4.78 is 39.7. The molecule has 0 saturated heterocycles. The van der Waals surface area contributed by atoms with Gasteiger partial charge in [0, 0.05) is 16.2 Å². The molecule has 0 aromatic heterocycles. The van der Waals surface area contributed by atoms with Crippen molar-refractivity contribution in [1.29, 1.82) is 0 Å². The van der Waals surface area contributed by atoms with Crippen LogP contribution in [0.1, 0.15) is 15.9 Å². The summed E-state index contributed by atoms with van der Waals surface area (Å²) in [6.45, 7) is 0. The Labute approximate surface area is 117 Å². The maximum absolute atomic E-state index is 13.4. The van der Waals surface area contributed by atoms with Crippen LogP contribution in [-0.4, -0.2) is 11.1 Å². The van der Waals surface area contributed by atoms with E-state index in [4.69, 9.17) is 5.11 Å². The van der Waals surface area contributed by atoms with Crippen molar-refractivity contribution >= 4 is 17.7 Å². The van der Waals surface area contributed by atoms with Gasteiger partial charge in [-0.15, -0.1) is 11.8 Å². The molecular weight excluding hydrogens is 289 g/mol. The summed E-state index contributed by atoms with van der Waals surface area (Å²) in [5.74, 6) is -3.96. The Morgan fingerprint density at radius 2 is 1.85 bits per heavy atom. The molecule has 0 fully saturated rings. The lowest BCUT2D eigenvalue weighted by atomic mass is 10.2. The number of rotatable bonds is 4. The molecule has 20 heavy (non-hydrogen) atoms. The van der Waals surface area contributed by atoms with Gasteiger partial charge in [0.05, 0.1) is 5.56 Å². The lowest BCUT2D eigenvalue weighted by molar-refractivity contribution is 0.0691. The monoisotopic (exact) mass is 298 g/mol. The fourth-order valence-electron chi connectivity index (χ4n) is 1.58. The van der Waals surface area contributed by atoms with E-state index in [0.29, 0.717) is 4.90 Å². The minimum Gasteiger partial charge on any atom is -0.478 e.